The van der Waals surface area contributed by atoms with Crippen LogP contribution in [0.1, 0.15) is 59.3 Å². The van der Waals surface area contributed by atoms with Gasteiger partial charge in [-0.15, -0.1) is 0 Å². The maximum absolute atomic E-state index is 10.2. The van der Waals surface area contributed by atoms with Crippen molar-refractivity contribution in [2.75, 3.05) is 26.7 Å². The van der Waals surface area contributed by atoms with Crippen molar-refractivity contribution in [2.24, 2.45) is 10.4 Å². The minimum absolute atomic E-state index is 0.0511. The standard InChI is InChI=1S/C16H33N3O/c1-5-7-12-19(4)15(17-6-2)18-13-16(3)11-9-8-10-14(16)20/h14,20H,5-13H2,1-4H3,(H,17,18). The molecular formula is C16H33N3O. The lowest BCUT2D eigenvalue weighted by molar-refractivity contribution is 0.00706. The van der Waals surface area contributed by atoms with Gasteiger partial charge in [-0.3, -0.25) is 4.99 Å². The summed E-state index contributed by atoms with van der Waals surface area (Å²) in [4.78, 5) is 6.98. The van der Waals surface area contributed by atoms with E-state index in [0.717, 1.165) is 38.3 Å². The Morgan fingerprint density at radius 1 is 1.40 bits per heavy atom. The van der Waals surface area contributed by atoms with E-state index in [0.29, 0.717) is 6.54 Å². The van der Waals surface area contributed by atoms with Gasteiger partial charge in [-0.1, -0.05) is 33.1 Å². The molecule has 0 saturated heterocycles. The molecule has 2 N–H and O–H groups in total. The predicted molar refractivity (Wildman–Crippen MR) is 86.1 cm³/mol. The largest absolute Gasteiger partial charge is 0.392 e. The van der Waals surface area contributed by atoms with Gasteiger partial charge in [0.2, 0.25) is 0 Å². The van der Waals surface area contributed by atoms with Gasteiger partial charge in [0.1, 0.15) is 0 Å². The van der Waals surface area contributed by atoms with Gasteiger partial charge in [0, 0.05) is 25.6 Å². The predicted octanol–water partition coefficient (Wildman–Crippen LogP) is 2.63. The Bertz CT molecular complexity index is 306. The minimum atomic E-state index is -0.205. The van der Waals surface area contributed by atoms with Crippen LogP contribution in [0.2, 0.25) is 0 Å². The van der Waals surface area contributed by atoms with Crippen molar-refractivity contribution >= 4 is 5.96 Å². The second-order valence-corrected chi connectivity index (χ2v) is 6.36. The molecule has 1 rings (SSSR count). The van der Waals surface area contributed by atoms with Gasteiger partial charge in [-0.05, 0) is 26.2 Å². The van der Waals surface area contributed by atoms with E-state index in [1.165, 1.54) is 19.3 Å². The summed E-state index contributed by atoms with van der Waals surface area (Å²) < 4.78 is 0. The topological polar surface area (TPSA) is 47.9 Å². The van der Waals surface area contributed by atoms with Crippen molar-refractivity contribution in [3.8, 4) is 0 Å². The van der Waals surface area contributed by atoms with Gasteiger partial charge < -0.3 is 15.3 Å². The van der Waals surface area contributed by atoms with Crippen molar-refractivity contribution in [1.82, 2.24) is 10.2 Å². The molecule has 0 amide bonds. The highest BCUT2D eigenvalue weighted by Gasteiger charge is 2.35. The zero-order chi connectivity index (χ0) is 15.0. The molecule has 0 aromatic heterocycles. The third-order valence-electron chi connectivity index (χ3n) is 4.41. The molecule has 1 aliphatic carbocycles. The van der Waals surface area contributed by atoms with Crippen LogP contribution in [0, 0.1) is 5.41 Å². The molecule has 0 aromatic rings. The summed E-state index contributed by atoms with van der Waals surface area (Å²) in [6.45, 7) is 9.11. The minimum Gasteiger partial charge on any atom is -0.392 e. The van der Waals surface area contributed by atoms with Crippen molar-refractivity contribution < 1.29 is 5.11 Å². The SMILES string of the molecule is CCCCN(C)C(=NCC1(C)CCCCC1O)NCC. The molecule has 1 aliphatic rings. The van der Waals surface area contributed by atoms with Crippen molar-refractivity contribution in [1.29, 1.82) is 0 Å². The molecule has 1 fully saturated rings. The van der Waals surface area contributed by atoms with Crippen LogP contribution < -0.4 is 5.32 Å². The summed E-state index contributed by atoms with van der Waals surface area (Å²) in [5.74, 6) is 0.972. The first-order valence-electron chi connectivity index (χ1n) is 8.21. The van der Waals surface area contributed by atoms with Crippen molar-refractivity contribution in [2.45, 2.75) is 65.4 Å². The first-order valence-corrected chi connectivity index (χ1v) is 8.21. The average Bonchev–Trinajstić information content (AvgIpc) is 2.44. The quantitative estimate of drug-likeness (QED) is 0.582. The van der Waals surface area contributed by atoms with E-state index < -0.39 is 0 Å². The van der Waals surface area contributed by atoms with Crippen LogP contribution in [0.25, 0.3) is 0 Å². The van der Waals surface area contributed by atoms with Crippen LogP contribution in [0.15, 0.2) is 4.99 Å². The molecule has 4 heteroatoms. The molecule has 0 aliphatic heterocycles. The molecular weight excluding hydrogens is 250 g/mol. The van der Waals surface area contributed by atoms with Gasteiger partial charge in [0.15, 0.2) is 5.96 Å². The third kappa shape index (κ3) is 4.97. The second kappa shape index (κ2) is 8.50. The zero-order valence-electron chi connectivity index (χ0n) is 13.8. The first kappa shape index (κ1) is 17.3. The van der Waals surface area contributed by atoms with E-state index in [1.54, 1.807) is 0 Å². The molecule has 2 atom stereocenters. The summed E-state index contributed by atoms with van der Waals surface area (Å²) in [7, 11) is 2.09. The van der Waals surface area contributed by atoms with Gasteiger partial charge in [-0.25, -0.2) is 0 Å². The smallest absolute Gasteiger partial charge is 0.193 e. The molecule has 0 radical (unpaired) electrons. The number of rotatable bonds is 6. The lowest BCUT2D eigenvalue weighted by Crippen LogP contribution is -2.42. The number of guanidine groups is 1. The Balaban J connectivity index is 2.65. The van der Waals surface area contributed by atoms with E-state index >= 15 is 0 Å². The van der Waals surface area contributed by atoms with E-state index in [9.17, 15) is 5.11 Å². The number of aliphatic hydroxyl groups excluding tert-OH is 1. The number of unbranched alkanes of at least 4 members (excludes halogenated alkanes) is 1. The highest BCUT2D eigenvalue weighted by atomic mass is 16.3. The Labute approximate surface area is 124 Å². The van der Waals surface area contributed by atoms with Gasteiger partial charge in [0.25, 0.3) is 0 Å². The molecule has 1 saturated carbocycles. The molecule has 2 unspecified atom stereocenters. The van der Waals surface area contributed by atoms with Gasteiger partial charge >= 0.3 is 0 Å². The highest BCUT2D eigenvalue weighted by Crippen LogP contribution is 2.36. The fraction of sp³-hybridized carbons (Fsp3) is 0.938. The fourth-order valence-electron chi connectivity index (χ4n) is 2.79. The normalized spacial score (nSPS) is 27.4. The Morgan fingerprint density at radius 3 is 2.75 bits per heavy atom. The number of nitrogens with one attached hydrogen (secondary N) is 1. The maximum atomic E-state index is 10.2. The third-order valence-corrected chi connectivity index (χ3v) is 4.41. The summed E-state index contributed by atoms with van der Waals surface area (Å²) in [6.07, 6.45) is 6.54. The number of nitrogens with zero attached hydrogens (tertiary/aromatic N) is 2. The van der Waals surface area contributed by atoms with E-state index in [-0.39, 0.29) is 11.5 Å². The summed E-state index contributed by atoms with van der Waals surface area (Å²) in [5.41, 5.74) is -0.0511. The van der Waals surface area contributed by atoms with Crippen LogP contribution in [0.5, 0.6) is 0 Å². The second-order valence-electron chi connectivity index (χ2n) is 6.36. The number of hydrogen-bond acceptors (Lipinski definition) is 2. The lowest BCUT2D eigenvalue weighted by Gasteiger charge is -2.37. The first-order chi connectivity index (χ1) is 9.53. The van der Waals surface area contributed by atoms with Crippen LogP contribution in [-0.4, -0.2) is 48.8 Å². The molecule has 20 heavy (non-hydrogen) atoms. The monoisotopic (exact) mass is 283 g/mol. The van der Waals surface area contributed by atoms with E-state index in [1.807, 2.05) is 0 Å². The summed E-state index contributed by atoms with van der Waals surface area (Å²) in [5, 5.41) is 13.6. The average molecular weight is 283 g/mol. The molecule has 0 heterocycles. The van der Waals surface area contributed by atoms with Crippen LogP contribution in [0.4, 0.5) is 0 Å². The number of aliphatic imine (C=N–C) groups is 1. The van der Waals surface area contributed by atoms with Crippen molar-refractivity contribution in [3.05, 3.63) is 0 Å². The highest BCUT2D eigenvalue weighted by molar-refractivity contribution is 5.79. The van der Waals surface area contributed by atoms with Gasteiger partial charge in [-0.2, -0.15) is 0 Å². The summed E-state index contributed by atoms with van der Waals surface area (Å²) >= 11 is 0. The Kier molecular flexibility index (Phi) is 7.35. The molecule has 0 spiro atoms. The van der Waals surface area contributed by atoms with Crippen molar-refractivity contribution in [3.63, 3.8) is 0 Å². The van der Waals surface area contributed by atoms with Gasteiger partial charge in [0.05, 0.1) is 12.6 Å². The fourth-order valence-corrected chi connectivity index (χ4v) is 2.79. The van der Waals surface area contributed by atoms with Crippen LogP contribution in [-0.2, 0) is 0 Å². The Hall–Kier alpha value is -0.770. The molecule has 0 bridgehead atoms. The molecule has 0 aromatic carbocycles. The van der Waals surface area contributed by atoms with Crippen LogP contribution in [0.3, 0.4) is 0 Å². The zero-order valence-corrected chi connectivity index (χ0v) is 13.8. The maximum Gasteiger partial charge on any atom is 0.193 e. The van der Waals surface area contributed by atoms with E-state index in [2.05, 4.69) is 38.0 Å². The molecule has 4 nitrogen and oxygen atoms in total. The van der Waals surface area contributed by atoms with E-state index in [4.69, 9.17) is 4.99 Å². The number of aliphatic hydroxyl groups is 1. The van der Waals surface area contributed by atoms with Crippen LogP contribution >= 0.6 is 0 Å². The lowest BCUT2D eigenvalue weighted by atomic mass is 9.73. The summed E-state index contributed by atoms with van der Waals surface area (Å²) in [6, 6.07) is 0. The molecule has 118 valence electrons. The number of hydrogen-bond donors (Lipinski definition) is 2. The Morgan fingerprint density at radius 2 is 2.15 bits per heavy atom.